The number of rotatable bonds is 22. The molecule has 0 aromatic rings. The number of hydrogen-bond acceptors (Lipinski definition) is 2. The van der Waals surface area contributed by atoms with E-state index in [9.17, 15) is 19.8 Å². The summed E-state index contributed by atoms with van der Waals surface area (Å²) >= 11 is 0. The van der Waals surface area contributed by atoms with E-state index in [1.807, 2.05) is 0 Å². The second kappa shape index (κ2) is 22.4. The van der Waals surface area contributed by atoms with Gasteiger partial charge in [-0.2, -0.15) is 0 Å². The van der Waals surface area contributed by atoms with Gasteiger partial charge in [0.05, 0.1) is 0 Å². The SMILES string of the molecule is CCCCCCCCCCCCC(CCCCCCCCCC)(C(=O)O)C(=O)O.[CaH2]. The molecule has 0 aromatic heterocycles. The Kier molecular flexibility index (Phi) is 24.2. The van der Waals surface area contributed by atoms with Gasteiger partial charge in [0.25, 0.3) is 0 Å². The van der Waals surface area contributed by atoms with E-state index in [0.29, 0.717) is 12.8 Å². The Balaban J connectivity index is 0. The Morgan fingerprint density at radius 2 is 0.733 bits per heavy atom. The molecule has 0 bridgehead atoms. The fourth-order valence-corrected chi connectivity index (χ4v) is 4.12. The zero-order chi connectivity index (χ0) is 21.8. The summed E-state index contributed by atoms with van der Waals surface area (Å²) in [5.74, 6) is -2.30. The van der Waals surface area contributed by atoms with Gasteiger partial charge >= 0.3 is 49.7 Å². The molecule has 0 radical (unpaired) electrons. The van der Waals surface area contributed by atoms with Crippen LogP contribution in [0.25, 0.3) is 0 Å². The molecule has 0 aromatic carbocycles. The van der Waals surface area contributed by atoms with Crippen molar-refractivity contribution in [3.05, 3.63) is 0 Å². The first kappa shape index (κ1) is 32.4. The monoisotopic (exact) mass is 454 g/mol. The molecule has 0 aliphatic heterocycles. The molecule has 176 valence electrons. The van der Waals surface area contributed by atoms with Gasteiger partial charge in [-0.25, -0.2) is 0 Å². The van der Waals surface area contributed by atoms with Crippen LogP contribution in [-0.2, 0) is 9.59 Å². The van der Waals surface area contributed by atoms with Crippen molar-refractivity contribution < 1.29 is 19.8 Å². The van der Waals surface area contributed by atoms with Crippen molar-refractivity contribution in [2.24, 2.45) is 5.41 Å². The third kappa shape index (κ3) is 15.9. The summed E-state index contributed by atoms with van der Waals surface area (Å²) in [7, 11) is 0. The molecular weight excluding hydrogens is 404 g/mol. The van der Waals surface area contributed by atoms with E-state index in [1.165, 1.54) is 77.0 Å². The predicted molar refractivity (Wildman–Crippen MR) is 130 cm³/mol. The molecule has 0 atom stereocenters. The van der Waals surface area contributed by atoms with Gasteiger partial charge in [-0.05, 0) is 12.8 Å². The van der Waals surface area contributed by atoms with Gasteiger partial charge in [0.2, 0.25) is 0 Å². The molecule has 2 N–H and O–H groups in total. The Labute approximate surface area is 216 Å². The number of hydrogen-bond donors (Lipinski definition) is 2. The minimum absolute atomic E-state index is 0. The summed E-state index contributed by atoms with van der Waals surface area (Å²) < 4.78 is 0. The van der Waals surface area contributed by atoms with Crippen LogP contribution in [0.1, 0.15) is 142 Å². The van der Waals surface area contributed by atoms with Crippen LogP contribution < -0.4 is 0 Å². The van der Waals surface area contributed by atoms with E-state index in [1.54, 1.807) is 0 Å². The topological polar surface area (TPSA) is 74.6 Å². The third-order valence-electron chi connectivity index (χ3n) is 6.23. The Bertz CT molecular complexity index is 398. The summed E-state index contributed by atoms with van der Waals surface area (Å²) in [5, 5.41) is 19.3. The zero-order valence-electron chi connectivity index (χ0n) is 19.4. The van der Waals surface area contributed by atoms with Crippen molar-refractivity contribution in [1.29, 1.82) is 0 Å². The molecular formula is C25H50CaO4. The van der Waals surface area contributed by atoms with Crippen molar-refractivity contribution in [3.8, 4) is 0 Å². The number of carboxylic acids is 2. The summed E-state index contributed by atoms with van der Waals surface area (Å²) in [5.41, 5.74) is -1.58. The molecule has 5 heteroatoms. The number of carboxylic acid groups (broad SMARTS) is 2. The Morgan fingerprint density at radius 1 is 0.500 bits per heavy atom. The molecule has 0 fully saturated rings. The molecule has 0 aliphatic rings. The summed E-state index contributed by atoms with van der Waals surface area (Å²) in [6.45, 7) is 4.43. The van der Waals surface area contributed by atoms with Crippen LogP contribution in [0.15, 0.2) is 0 Å². The van der Waals surface area contributed by atoms with E-state index in [-0.39, 0.29) is 50.6 Å². The first-order valence-corrected chi connectivity index (χ1v) is 12.5. The first-order valence-electron chi connectivity index (χ1n) is 12.5. The molecule has 0 aliphatic carbocycles. The second-order valence-corrected chi connectivity index (χ2v) is 8.85. The van der Waals surface area contributed by atoms with Crippen molar-refractivity contribution in [3.63, 3.8) is 0 Å². The van der Waals surface area contributed by atoms with Crippen LogP contribution in [0.4, 0.5) is 0 Å². The quantitative estimate of drug-likeness (QED) is 0.104. The van der Waals surface area contributed by atoms with Crippen molar-refractivity contribution >= 4 is 49.7 Å². The second-order valence-electron chi connectivity index (χ2n) is 8.85. The summed E-state index contributed by atoms with van der Waals surface area (Å²) in [4.78, 5) is 23.6. The predicted octanol–water partition coefficient (Wildman–Crippen LogP) is 7.07. The van der Waals surface area contributed by atoms with Crippen molar-refractivity contribution in [2.45, 2.75) is 142 Å². The van der Waals surface area contributed by atoms with Gasteiger partial charge in [-0.3, -0.25) is 9.59 Å². The van der Waals surface area contributed by atoms with E-state index in [2.05, 4.69) is 13.8 Å². The van der Waals surface area contributed by atoms with Crippen LogP contribution in [0.3, 0.4) is 0 Å². The first-order chi connectivity index (χ1) is 14.0. The molecule has 0 saturated heterocycles. The maximum absolute atomic E-state index is 11.8. The van der Waals surface area contributed by atoms with Crippen LogP contribution in [0, 0.1) is 5.41 Å². The molecule has 0 saturated carbocycles. The summed E-state index contributed by atoms with van der Waals surface area (Å²) in [6.07, 6.45) is 21.1. The zero-order valence-corrected chi connectivity index (χ0v) is 19.4. The van der Waals surface area contributed by atoms with E-state index >= 15 is 0 Å². The maximum atomic E-state index is 11.8. The van der Waals surface area contributed by atoms with Gasteiger partial charge in [-0.1, -0.05) is 129 Å². The molecule has 4 nitrogen and oxygen atoms in total. The minimum atomic E-state index is -1.58. The van der Waals surface area contributed by atoms with Crippen LogP contribution in [0.2, 0.25) is 0 Å². The normalized spacial score (nSPS) is 11.3. The third-order valence-corrected chi connectivity index (χ3v) is 6.23. The van der Waals surface area contributed by atoms with Gasteiger partial charge in [0.1, 0.15) is 0 Å². The van der Waals surface area contributed by atoms with E-state index in [4.69, 9.17) is 0 Å². The molecule has 0 amide bonds. The standard InChI is InChI=1S/C25H48O4.Ca.2H/c1-3-5-7-9-11-13-14-16-18-20-22-25(23(26)27,24(28)29)21-19-17-15-12-10-8-6-4-2;;;/h3-22H2,1-2H3,(H,26,27)(H,28,29);;;. The molecule has 0 heterocycles. The average molecular weight is 455 g/mol. The average Bonchev–Trinajstić information content (AvgIpc) is 2.69. The van der Waals surface area contributed by atoms with Crippen molar-refractivity contribution in [1.82, 2.24) is 0 Å². The number of unbranched alkanes of at least 4 members (excludes halogenated alkanes) is 16. The Morgan fingerprint density at radius 3 is 0.967 bits per heavy atom. The van der Waals surface area contributed by atoms with E-state index in [0.717, 1.165) is 25.7 Å². The molecule has 0 spiro atoms. The molecule has 0 rings (SSSR count). The fourth-order valence-electron chi connectivity index (χ4n) is 4.12. The van der Waals surface area contributed by atoms with Crippen LogP contribution >= 0.6 is 0 Å². The Hall–Kier alpha value is 0.200. The van der Waals surface area contributed by atoms with Crippen LogP contribution in [0.5, 0.6) is 0 Å². The molecule has 0 unspecified atom stereocenters. The van der Waals surface area contributed by atoms with Gasteiger partial charge in [-0.15, -0.1) is 0 Å². The van der Waals surface area contributed by atoms with Gasteiger partial charge in [0, 0.05) is 0 Å². The van der Waals surface area contributed by atoms with Gasteiger partial charge < -0.3 is 10.2 Å². The van der Waals surface area contributed by atoms with E-state index < -0.39 is 17.4 Å². The fraction of sp³-hybridized carbons (Fsp3) is 0.920. The van der Waals surface area contributed by atoms with Crippen molar-refractivity contribution in [2.75, 3.05) is 0 Å². The van der Waals surface area contributed by atoms with Gasteiger partial charge in [0.15, 0.2) is 5.41 Å². The summed E-state index contributed by atoms with van der Waals surface area (Å²) in [6, 6.07) is 0. The number of aliphatic carboxylic acids is 2. The van der Waals surface area contributed by atoms with Crippen LogP contribution in [-0.4, -0.2) is 59.9 Å². The molecule has 30 heavy (non-hydrogen) atoms. The number of carbonyl (C=O) groups is 2.